The van der Waals surface area contributed by atoms with E-state index < -0.39 is 5.91 Å². The molecule has 1 aromatic carbocycles. The second-order valence-electron chi connectivity index (χ2n) is 4.18. The van der Waals surface area contributed by atoms with Gasteiger partial charge in [-0.05, 0) is 12.1 Å². The first-order valence-electron chi connectivity index (χ1n) is 6.34. The molecular formula is C15H14N4O3. The van der Waals surface area contributed by atoms with Gasteiger partial charge >= 0.3 is 0 Å². The summed E-state index contributed by atoms with van der Waals surface area (Å²) in [7, 11) is 2.91. The van der Waals surface area contributed by atoms with E-state index in [1.807, 2.05) is 6.07 Å². The molecule has 7 nitrogen and oxygen atoms in total. The number of ether oxygens (including phenoxy) is 2. The van der Waals surface area contributed by atoms with Gasteiger partial charge in [0.05, 0.1) is 14.2 Å². The minimum Gasteiger partial charge on any atom is -0.494 e. The number of methoxy groups -OCH3 is 2. The van der Waals surface area contributed by atoms with Gasteiger partial charge in [-0.15, -0.1) is 5.10 Å². The fourth-order valence-corrected chi connectivity index (χ4v) is 1.84. The number of aliphatic imine (C=N–C) groups is 1. The molecule has 1 aromatic rings. The molecule has 1 aliphatic carbocycles. The largest absolute Gasteiger partial charge is 0.494 e. The number of benzene rings is 1. The molecule has 0 heterocycles. The fourth-order valence-electron chi connectivity index (χ4n) is 1.84. The van der Waals surface area contributed by atoms with Crippen molar-refractivity contribution in [2.75, 3.05) is 14.2 Å². The third-order valence-electron chi connectivity index (χ3n) is 2.88. The van der Waals surface area contributed by atoms with Gasteiger partial charge in [0.15, 0.2) is 0 Å². The van der Waals surface area contributed by atoms with Crippen molar-refractivity contribution in [1.29, 1.82) is 5.53 Å². The van der Waals surface area contributed by atoms with E-state index in [9.17, 15) is 4.79 Å². The predicted octanol–water partition coefficient (Wildman–Crippen LogP) is 2.73. The minimum absolute atomic E-state index is 0.317. The van der Waals surface area contributed by atoms with Crippen molar-refractivity contribution in [2.45, 2.75) is 0 Å². The summed E-state index contributed by atoms with van der Waals surface area (Å²) >= 11 is 0. The predicted molar refractivity (Wildman–Crippen MR) is 81.0 cm³/mol. The van der Waals surface area contributed by atoms with E-state index >= 15 is 0 Å². The highest BCUT2D eigenvalue weighted by molar-refractivity contribution is 6.24. The molecule has 1 aliphatic rings. The molecule has 0 unspecified atom stereocenters. The lowest BCUT2D eigenvalue weighted by molar-refractivity contribution is 0.100. The Morgan fingerprint density at radius 3 is 2.18 bits per heavy atom. The third kappa shape index (κ3) is 3.32. The summed E-state index contributed by atoms with van der Waals surface area (Å²) in [6.45, 7) is 0. The van der Waals surface area contributed by atoms with Crippen LogP contribution in [0.2, 0.25) is 0 Å². The summed E-state index contributed by atoms with van der Waals surface area (Å²) in [4.78, 5) is 16.2. The van der Waals surface area contributed by atoms with Gasteiger partial charge in [-0.2, -0.15) is 5.53 Å². The molecule has 0 spiro atoms. The SMILES string of the molecule is COC1=C/C(=N\N=N)C(OC)=CC1=NC(=O)c1ccccc1. The summed E-state index contributed by atoms with van der Waals surface area (Å²) in [6.07, 6.45) is 3.03. The Morgan fingerprint density at radius 2 is 1.59 bits per heavy atom. The second-order valence-corrected chi connectivity index (χ2v) is 4.18. The quantitative estimate of drug-likeness (QED) is 0.525. The number of amides is 1. The molecule has 0 saturated carbocycles. The van der Waals surface area contributed by atoms with Crippen LogP contribution in [0, 0.1) is 5.53 Å². The van der Waals surface area contributed by atoms with E-state index in [2.05, 4.69) is 15.3 Å². The average molecular weight is 298 g/mol. The van der Waals surface area contributed by atoms with Crippen LogP contribution in [0.15, 0.2) is 69.3 Å². The monoisotopic (exact) mass is 298 g/mol. The highest BCUT2D eigenvalue weighted by atomic mass is 16.5. The smallest absolute Gasteiger partial charge is 0.277 e. The number of rotatable bonds is 4. The van der Waals surface area contributed by atoms with Crippen LogP contribution in [0.1, 0.15) is 10.4 Å². The highest BCUT2D eigenvalue weighted by Gasteiger charge is 2.20. The molecule has 112 valence electrons. The number of nitrogens with zero attached hydrogens (tertiary/aromatic N) is 3. The number of allylic oxidation sites excluding steroid dienone is 2. The Labute approximate surface area is 127 Å². The van der Waals surface area contributed by atoms with Gasteiger partial charge < -0.3 is 9.47 Å². The number of carbonyl (C=O) groups is 1. The number of nitrogens with one attached hydrogen (secondary N) is 1. The van der Waals surface area contributed by atoms with Crippen LogP contribution < -0.4 is 0 Å². The Morgan fingerprint density at radius 1 is 1.00 bits per heavy atom. The van der Waals surface area contributed by atoms with E-state index in [-0.39, 0.29) is 0 Å². The number of carbonyl (C=O) groups excluding carboxylic acids is 1. The van der Waals surface area contributed by atoms with Crippen LogP contribution >= 0.6 is 0 Å². The summed E-state index contributed by atoms with van der Waals surface area (Å²) in [5.74, 6) is 0.291. The van der Waals surface area contributed by atoms with Crippen LogP contribution in [-0.4, -0.2) is 31.6 Å². The topological polar surface area (TPSA) is 96.5 Å². The summed E-state index contributed by atoms with van der Waals surface area (Å²) in [6, 6.07) is 8.70. The lowest BCUT2D eigenvalue weighted by atomic mass is 10.1. The Kier molecular flexibility index (Phi) is 4.92. The molecule has 0 aromatic heterocycles. The lowest BCUT2D eigenvalue weighted by Crippen LogP contribution is -2.17. The first-order chi connectivity index (χ1) is 10.7. The average Bonchev–Trinajstić information content (AvgIpc) is 2.56. The third-order valence-corrected chi connectivity index (χ3v) is 2.88. The standard InChI is InChI=1S/C15H14N4O3/c1-21-13-9-12(18-19-16)14(22-2)8-11(13)17-15(20)10-6-4-3-5-7-10/h3-9,16H,1-2H3/b17-11?,18-12+,19-16?. The van der Waals surface area contributed by atoms with Gasteiger partial charge in [0, 0.05) is 17.7 Å². The molecule has 1 N–H and O–H groups in total. The number of hydrogen-bond donors (Lipinski definition) is 1. The Balaban J connectivity index is 2.41. The molecule has 0 aliphatic heterocycles. The molecule has 1 amide bonds. The minimum atomic E-state index is -0.393. The maximum Gasteiger partial charge on any atom is 0.277 e. The van der Waals surface area contributed by atoms with Gasteiger partial charge in [0.2, 0.25) is 0 Å². The van der Waals surface area contributed by atoms with E-state index in [0.29, 0.717) is 28.5 Å². The molecule has 0 bridgehead atoms. The van der Waals surface area contributed by atoms with Gasteiger partial charge in [-0.3, -0.25) is 4.79 Å². The highest BCUT2D eigenvalue weighted by Crippen LogP contribution is 2.16. The number of hydrogen-bond acceptors (Lipinski definition) is 5. The van der Waals surface area contributed by atoms with Crippen molar-refractivity contribution in [1.82, 2.24) is 0 Å². The van der Waals surface area contributed by atoms with Crippen molar-refractivity contribution < 1.29 is 14.3 Å². The van der Waals surface area contributed by atoms with Crippen LogP contribution in [0.25, 0.3) is 0 Å². The maximum atomic E-state index is 12.2. The zero-order valence-electron chi connectivity index (χ0n) is 12.1. The van der Waals surface area contributed by atoms with Gasteiger partial charge in [-0.25, -0.2) is 4.99 Å². The van der Waals surface area contributed by atoms with E-state index in [4.69, 9.17) is 15.0 Å². The molecule has 2 rings (SSSR count). The molecule has 7 heteroatoms. The van der Waals surface area contributed by atoms with Gasteiger partial charge in [-0.1, -0.05) is 23.4 Å². The van der Waals surface area contributed by atoms with Crippen molar-refractivity contribution in [3.05, 3.63) is 59.6 Å². The maximum absolute atomic E-state index is 12.2. The van der Waals surface area contributed by atoms with Crippen molar-refractivity contribution in [3.63, 3.8) is 0 Å². The first kappa shape index (κ1) is 15.3. The molecule has 22 heavy (non-hydrogen) atoms. The zero-order chi connectivity index (χ0) is 15.9. The summed E-state index contributed by atoms with van der Waals surface area (Å²) in [5, 5.41) is 6.59. The van der Waals surface area contributed by atoms with Crippen molar-refractivity contribution >= 4 is 17.3 Å². The first-order valence-corrected chi connectivity index (χ1v) is 6.34. The van der Waals surface area contributed by atoms with Gasteiger partial charge in [0.25, 0.3) is 5.91 Å². The van der Waals surface area contributed by atoms with Crippen LogP contribution in [0.3, 0.4) is 0 Å². The molecular weight excluding hydrogens is 284 g/mol. The molecule has 0 fully saturated rings. The zero-order valence-corrected chi connectivity index (χ0v) is 12.1. The second kappa shape index (κ2) is 7.07. The van der Waals surface area contributed by atoms with Gasteiger partial charge in [0.1, 0.15) is 22.9 Å². The van der Waals surface area contributed by atoms with Crippen molar-refractivity contribution in [3.8, 4) is 0 Å². The molecule has 0 atom stereocenters. The van der Waals surface area contributed by atoms with E-state index in [0.717, 1.165) is 0 Å². The van der Waals surface area contributed by atoms with Crippen LogP contribution in [0.5, 0.6) is 0 Å². The lowest BCUT2D eigenvalue weighted by Gasteiger charge is -2.14. The van der Waals surface area contributed by atoms with E-state index in [1.54, 1.807) is 24.3 Å². The van der Waals surface area contributed by atoms with Crippen LogP contribution in [-0.2, 0) is 9.47 Å². The summed E-state index contributed by atoms with van der Waals surface area (Å²) < 4.78 is 10.4. The Bertz CT molecular complexity index is 703. The normalized spacial score (nSPS) is 17.7. The molecule has 0 saturated heterocycles. The molecule has 0 radical (unpaired) electrons. The van der Waals surface area contributed by atoms with Crippen molar-refractivity contribution in [2.24, 2.45) is 15.3 Å². The fraction of sp³-hybridized carbons (Fsp3) is 0.133. The summed E-state index contributed by atoms with van der Waals surface area (Å²) in [5.41, 5.74) is 7.91. The van der Waals surface area contributed by atoms with Crippen LogP contribution in [0.4, 0.5) is 0 Å². The Hall–Kier alpha value is -3.09. The van der Waals surface area contributed by atoms with E-state index in [1.165, 1.54) is 26.4 Å².